The van der Waals surface area contributed by atoms with E-state index in [4.69, 9.17) is 0 Å². The standard InChI is InChI=1S/C20H17FN4O2S2/c21-14-6-8-15(9-7-14)22-19-23-24-20(29-19)28-12-17(26)13-3-1-4-16(11-13)25-10-2-5-18(25)27/h1,3-4,6-9,11H,2,5,10,12H2,(H,22,23). The van der Waals surface area contributed by atoms with E-state index in [2.05, 4.69) is 15.5 Å². The molecule has 0 radical (unpaired) electrons. The summed E-state index contributed by atoms with van der Waals surface area (Å²) in [6.45, 7) is 0.694. The molecule has 0 bridgehead atoms. The largest absolute Gasteiger partial charge is 0.330 e. The van der Waals surface area contributed by atoms with E-state index in [-0.39, 0.29) is 23.3 Å². The van der Waals surface area contributed by atoms with Crippen LogP contribution >= 0.6 is 23.1 Å². The number of benzene rings is 2. The molecule has 0 spiro atoms. The van der Waals surface area contributed by atoms with Crippen LogP contribution in [0.3, 0.4) is 0 Å². The summed E-state index contributed by atoms with van der Waals surface area (Å²) in [5.41, 5.74) is 2.05. The molecular weight excluding hydrogens is 411 g/mol. The van der Waals surface area contributed by atoms with Gasteiger partial charge in [-0.15, -0.1) is 10.2 Å². The van der Waals surface area contributed by atoms with Gasteiger partial charge in [0.2, 0.25) is 11.0 Å². The van der Waals surface area contributed by atoms with Gasteiger partial charge in [-0.1, -0.05) is 35.2 Å². The van der Waals surface area contributed by atoms with Crippen LogP contribution in [0.5, 0.6) is 0 Å². The predicted octanol–water partition coefficient (Wildman–Crippen LogP) is 4.52. The number of ketones is 1. The average Bonchev–Trinajstić information content (AvgIpc) is 3.36. The molecular formula is C20H17FN4O2S2. The van der Waals surface area contributed by atoms with Crippen molar-refractivity contribution in [2.24, 2.45) is 0 Å². The molecule has 2 aromatic carbocycles. The Morgan fingerprint density at radius 1 is 1.21 bits per heavy atom. The van der Waals surface area contributed by atoms with Gasteiger partial charge in [-0.25, -0.2) is 4.39 Å². The number of amides is 1. The van der Waals surface area contributed by atoms with Crippen LogP contribution in [-0.2, 0) is 4.79 Å². The zero-order valence-corrected chi connectivity index (χ0v) is 16.9. The Morgan fingerprint density at radius 2 is 2.03 bits per heavy atom. The number of rotatable bonds is 7. The maximum atomic E-state index is 13.0. The van der Waals surface area contributed by atoms with Crippen molar-refractivity contribution in [2.45, 2.75) is 17.2 Å². The molecule has 1 N–H and O–H groups in total. The van der Waals surface area contributed by atoms with Crippen LogP contribution < -0.4 is 10.2 Å². The lowest BCUT2D eigenvalue weighted by molar-refractivity contribution is -0.117. The van der Waals surface area contributed by atoms with Gasteiger partial charge in [0.05, 0.1) is 5.75 Å². The van der Waals surface area contributed by atoms with Gasteiger partial charge in [0, 0.05) is 29.9 Å². The molecule has 3 aromatic rings. The number of hydrogen-bond acceptors (Lipinski definition) is 7. The second-order valence-corrected chi connectivity index (χ2v) is 8.62. The fourth-order valence-electron chi connectivity index (χ4n) is 2.95. The molecule has 148 valence electrons. The van der Waals surface area contributed by atoms with Crippen molar-refractivity contribution >= 4 is 51.3 Å². The van der Waals surface area contributed by atoms with Gasteiger partial charge < -0.3 is 10.2 Å². The minimum atomic E-state index is -0.305. The van der Waals surface area contributed by atoms with Crippen molar-refractivity contribution in [1.29, 1.82) is 0 Å². The van der Waals surface area contributed by atoms with Crippen LogP contribution in [0.15, 0.2) is 52.9 Å². The molecule has 2 heterocycles. The third-order valence-corrected chi connectivity index (χ3v) is 6.35. The second kappa shape index (κ2) is 8.71. The summed E-state index contributed by atoms with van der Waals surface area (Å²) in [4.78, 5) is 26.2. The van der Waals surface area contributed by atoms with Crippen molar-refractivity contribution in [3.05, 3.63) is 59.9 Å². The highest BCUT2D eigenvalue weighted by Crippen LogP contribution is 2.29. The summed E-state index contributed by atoms with van der Waals surface area (Å²) >= 11 is 2.63. The van der Waals surface area contributed by atoms with E-state index >= 15 is 0 Å². The molecule has 29 heavy (non-hydrogen) atoms. The molecule has 9 heteroatoms. The molecule has 1 fully saturated rings. The SMILES string of the molecule is O=C(CSc1nnc(Nc2ccc(F)cc2)s1)c1cccc(N2CCCC2=O)c1. The van der Waals surface area contributed by atoms with E-state index < -0.39 is 0 Å². The number of aromatic nitrogens is 2. The van der Waals surface area contributed by atoms with Crippen LogP contribution in [0.25, 0.3) is 0 Å². The number of anilines is 3. The minimum Gasteiger partial charge on any atom is -0.330 e. The first-order valence-corrected chi connectivity index (χ1v) is 10.8. The number of nitrogens with one attached hydrogen (secondary N) is 1. The molecule has 0 saturated carbocycles. The number of carbonyl (C=O) groups is 2. The van der Waals surface area contributed by atoms with Gasteiger partial charge in [0.25, 0.3) is 0 Å². The highest BCUT2D eigenvalue weighted by Gasteiger charge is 2.22. The van der Waals surface area contributed by atoms with Crippen molar-refractivity contribution in [2.75, 3.05) is 22.5 Å². The number of carbonyl (C=O) groups excluding carboxylic acids is 2. The van der Waals surface area contributed by atoms with Crippen LogP contribution in [-0.4, -0.2) is 34.2 Å². The van der Waals surface area contributed by atoms with Crippen molar-refractivity contribution in [1.82, 2.24) is 10.2 Å². The maximum Gasteiger partial charge on any atom is 0.227 e. The Morgan fingerprint density at radius 3 is 2.79 bits per heavy atom. The van der Waals surface area contributed by atoms with Crippen molar-refractivity contribution in [3.63, 3.8) is 0 Å². The molecule has 0 aliphatic carbocycles. The van der Waals surface area contributed by atoms with E-state index in [1.54, 1.807) is 35.2 Å². The Labute approximate surface area is 175 Å². The number of halogens is 1. The highest BCUT2D eigenvalue weighted by atomic mass is 32.2. The lowest BCUT2D eigenvalue weighted by atomic mass is 10.1. The highest BCUT2D eigenvalue weighted by molar-refractivity contribution is 8.01. The van der Waals surface area contributed by atoms with Gasteiger partial charge in [0.1, 0.15) is 5.82 Å². The molecule has 1 aliphatic rings. The van der Waals surface area contributed by atoms with E-state index in [1.807, 2.05) is 6.07 Å². The summed E-state index contributed by atoms with van der Waals surface area (Å²) in [5.74, 6) is -0.0192. The number of Topliss-reactive ketones (excluding diaryl/α,β-unsaturated/α-hetero) is 1. The van der Waals surface area contributed by atoms with Crippen LogP contribution in [0.4, 0.5) is 20.9 Å². The zero-order chi connectivity index (χ0) is 20.2. The molecule has 1 amide bonds. The van der Waals surface area contributed by atoms with Gasteiger partial charge in [-0.05, 0) is 42.8 Å². The fraction of sp³-hybridized carbons (Fsp3) is 0.200. The summed E-state index contributed by atoms with van der Waals surface area (Å²) in [7, 11) is 0. The van der Waals surface area contributed by atoms with Crippen molar-refractivity contribution < 1.29 is 14.0 Å². The smallest absolute Gasteiger partial charge is 0.227 e. The molecule has 1 aromatic heterocycles. The second-order valence-electron chi connectivity index (χ2n) is 6.42. The Hall–Kier alpha value is -2.78. The zero-order valence-electron chi connectivity index (χ0n) is 15.3. The van der Waals surface area contributed by atoms with Crippen LogP contribution in [0.2, 0.25) is 0 Å². The minimum absolute atomic E-state index is 0.0354. The third-order valence-electron chi connectivity index (χ3n) is 4.38. The Bertz CT molecular complexity index is 1040. The van der Waals surface area contributed by atoms with Gasteiger partial charge >= 0.3 is 0 Å². The average molecular weight is 429 g/mol. The molecule has 0 unspecified atom stereocenters. The first kappa shape index (κ1) is 19.5. The van der Waals surface area contributed by atoms with E-state index in [1.165, 1.54) is 35.2 Å². The number of thioether (sulfide) groups is 1. The first-order chi connectivity index (χ1) is 14.1. The quantitative estimate of drug-likeness (QED) is 0.440. The topological polar surface area (TPSA) is 75.2 Å². The van der Waals surface area contributed by atoms with Gasteiger partial charge in [0.15, 0.2) is 10.1 Å². The molecule has 4 rings (SSSR count). The van der Waals surface area contributed by atoms with E-state index in [9.17, 15) is 14.0 Å². The lowest BCUT2D eigenvalue weighted by Crippen LogP contribution is -2.23. The predicted molar refractivity (Wildman–Crippen MR) is 113 cm³/mol. The number of hydrogen-bond donors (Lipinski definition) is 1. The monoisotopic (exact) mass is 428 g/mol. The van der Waals surface area contributed by atoms with E-state index in [0.29, 0.717) is 33.7 Å². The lowest BCUT2D eigenvalue weighted by Gasteiger charge is -2.16. The van der Waals surface area contributed by atoms with Gasteiger partial charge in [-0.3, -0.25) is 9.59 Å². The van der Waals surface area contributed by atoms with Crippen molar-refractivity contribution in [3.8, 4) is 0 Å². The molecule has 6 nitrogen and oxygen atoms in total. The molecule has 1 saturated heterocycles. The first-order valence-electron chi connectivity index (χ1n) is 9.01. The number of nitrogens with zero attached hydrogens (tertiary/aromatic N) is 3. The fourth-order valence-corrected chi connectivity index (χ4v) is 4.62. The molecule has 1 aliphatic heterocycles. The third kappa shape index (κ3) is 4.80. The Kier molecular flexibility index (Phi) is 5.86. The van der Waals surface area contributed by atoms with E-state index in [0.717, 1.165) is 12.1 Å². The van der Waals surface area contributed by atoms with Crippen LogP contribution in [0.1, 0.15) is 23.2 Å². The Balaban J connectivity index is 1.36. The van der Waals surface area contributed by atoms with Gasteiger partial charge in [-0.2, -0.15) is 0 Å². The summed E-state index contributed by atoms with van der Waals surface area (Å²) < 4.78 is 13.6. The maximum absolute atomic E-state index is 13.0. The summed E-state index contributed by atoms with van der Waals surface area (Å²) in [6, 6.07) is 13.1. The van der Waals surface area contributed by atoms with Crippen LogP contribution in [0, 0.1) is 5.82 Å². The summed E-state index contributed by atoms with van der Waals surface area (Å²) in [6.07, 6.45) is 1.40. The normalized spacial score (nSPS) is 13.7. The molecule has 0 atom stereocenters. The summed E-state index contributed by atoms with van der Waals surface area (Å²) in [5, 5.41) is 11.7.